The number of morpholine rings is 1. The first-order valence-electron chi connectivity index (χ1n) is 6.84. The van der Waals surface area contributed by atoms with Gasteiger partial charge < -0.3 is 10.1 Å². The molecule has 1 N–H and O–H groups in total. The van der Waals surface area contributed by atoms with E-state index in [0.29, 0.717) is 31.4 Å². The Morgan fingerprint density at radius 1 is 1.50 bits per heavy atom. The molecule has 5 heteroatoms. The maximum Gasteiger partial charge on any atom is 0.238 e. The van der Waals surface area contributed by atoms with Crippen LogP contribution in [0, 0.1) is 11.3 Å². The molecule has 1 unspecified atom stereocenters. The third-order valence-corrected chi connectivity index (χ3v) is 3.47. The van der Waals surface area contributed by atoms with Gasteiger partial charge in [0, 0.05) is 18.3 Å². The highest BCUT2D eigenvalue weighted by molar-refractivity contribution is 5.92. The quantitative estimate of drug-likeness (QED) is 0.905. The molecule has 0 aliphatic carbocycles. The largest absolute Gasteiger partial charge is 0.378 e. The number of rotatable bonds is 4. The number of nitrogens with zero attached hydrogens (tertiary/aromatic N) is 2. The highest BCUT2D eigenvalue weighted by Gasteiger charge is 2.23. The maximum atomic E-state index is 12.0. The number of benzene rings is 1. The van der Waals surface area contributed by atoms with Crippen LogP contribution in [0.15, 0.2) is 24.3 Å². The summed E-state index contributed by atoms with van der Waals surface area (Å²) >= 11 is 0. The molecule has 1 aliphatic rings. The fraction of sp³-hybridized carbons (Fsp3) is 0.467. The van der Waals surface area contributed by atoms with Crippen LogP contribution in [0.5, 0.6) is 0 Å². The van der Waals surface area contributed by atoms with Crippen molar-refractivity contribution in [2.45, 2.75) is 19.4 Å². The fourth-order valence-corrected chi connectivity index (χ4v) is 2.29. The van der Waals surface area contributed by atoms with Crippen molar-refractivity contribution >= 4 is 11.6 Å². The third-order valence-electron chi connectivity index (χ3n) is 3.47. The van der Waals surface area contributed by atoms with Crippen LogP contribution >= 0.6 is 0 Å². The Bertz CT molecular complexity index is 493. The monoisotopic (exact) mass is 273 g/mol. The lowest BCUT2D eigenvalue weighted by molar-refractivity contribution is -0.119. The van der Waals surface area contributed by atoms with Crippen LogP contribution in [0.3, 0.4) is 0 Å². The maximum absolute atomic E-state index is 12.0. The number of anilines is 1. The highest BCUT2D eigenvalue weighted by atomic mass is 16.5. The van der Waals surface area contributed by atoms with Gasteiger partial charge in [-0.3, -0.25) is 9.69 Å². The van der Waals surface area contributed by atoms with Gasteiger partial charge in [0.05, 0.1) is 31.4 Å². The van der Waals surface area contributed by atoms with E-state index in [2.05, 4.69) is 23.2 Å². The zero-order chi connectivity index (χ0) is 14.4. The molecule has 20 heavy (non-hydrogen) atoms. The van der Waals surface area contributed by atoms with E-state index in [1.165, 1.54) is 0 Å². The lowest BCUT2D eigenvalue weighted by Crippen LogP contribution is -2.48. The summed E-state index contributed by atoms with van der Waals surface area (Å²) < 4.78 is 5.42. The summed E-state index contributed by atoms with van der Waals surface area (Å²) in [7, 11) is 0. The van der Waals surface area contributed by atoms with Gasteiger partial charge in [-0.15, -0.1) is 0 Å². The summed E-state index contributed by atoms with van der Waals surface area (Å²) in [5.74, 6) is -0.0324. The fourth-order valence-electron chi connectivity index (χ4n) is 2.29. The van der Waals surface area contributed by atoms with Crippen molar-refractivity contribution in [2.24, 2.45) is 0 Å². The molecule has 0 radical (unpaired) electrons. The number of carbonyl (C=O) groups excluding carboxylic acids is 1. The van der Waals surface area contributed by atoms with E-state index in [1.807, 2.05) is 0 Å². The van der Waals surface area contributed by atoms with Crippen LogP contribution in [-0.4, -0.2) is 43.2 Å². The number of hydrogen-bond donors (Lipinski definition) is 1. The first-order chi connectivity index (χ1) is 9.72. The predicted octanol–water partition coefficient (Wildman–Crippen LogP) is 1.61. The number of hydrogen-bond acceptors (Lipinski definition) is 4. The lowest BCUT2D eigenvalue weighted by Gasteiger charge is -2.34. The second-order valence-electron chi connectivity index (χ2n) is 4.84. The minimum atomic E-state index is -0.0324. The number of nitrogens with one attached hydrogen (secondary N) is 1. The van der Waals surface area contributed by atoms with E-state index in [0.717, 1.165) is 18.7 Å². The van der Waals surface area contributed by atoms with Gasteiger partial charge in [0.15, 0.2) is 0 Å². The molecule has 1 aromatic rings. The Hall–Kier alpha value is -1.90. The topological polar surface area (TPSA) is 65.4 Å². The van der Waals surface area contributed by atoms with Crippen molar-refractivity contribution in [3.05, 3.63) is 29.8 Å². The Kier molecular flexibility index (Phi) is 5.10. The van der Waals surface area contributed by atoms with E-state index >= 15 is 0 Å². The van der Waals surface area contributed by atoms with Crippen LogP contribution in [0.1, 0.15) is 18.9 Å². The van der Waals surface area contributed by atoms with Gasteiger partial charge in [-0.25, -0.2) is 0 Å². The normalized spacial score (nSPS) is 19.3. The Labute approximate surface area is 119 Å². The molecule has 1 saturated heterocycles. The Morgan fingerprint density at radius 2 is 2.25 bits per heavy atom. The van der Waals surface area contributed by atoms with Crippen molar-refractivity contribution in [2.75, 3.05) is 31.6 Å². The van der Waals surface area contributed by atoms with Crippen molar-refractivity contribution in [1.29, 1.82) is 5.26 Å². The van der Waals surface area contributed by atoms with E-state index in [4.69, 9.17) is 10.00 Å². The van der Waals surface area contributed by atoms with Crippen LogP contribution in [0.25, 0.3) is 0 Å². The summed E-state index contributed by atoms with van der Waals surface area (Å²) in [6.07, 6.45) is 0.976. The van der Waals surface area contributed by atoms with Crippen molar-refractivity contribution in [3.8, 4) is 6.07 Å². The van der Waals surface area contributed by atoms with Crippen LogP contribution < -0.4 is 5.32 Å². The van der Waals surface area contributed by atoms with Crippen LogP contribution in [0.2, 0.25) is 0 Å². The zero-order valence-electron chi connectivity index (χ0n) is 11.6. The molecule has 1 aromatic carbocycles. The van der Waals surface area contributed by atoms with E-state index in [9.17, 15) is 4.79 Å². The summed E-state index contributed by atoms with van der Waals surface area (Å²) in [6.45, 7) is 4.65. The molecule has 1 heterocycles. The van der Waals surface area contributed by atoms with Gasteiger partial charge in [0.1, 0.15) is 0 Å². The number of nitriles is 1. The molecule has 0 bridgehead atoms. The molecule has 1 atom stereocenters. The van der Waals surface area contributed by atoms with Crippen LogP contribution in [0.4, 0.5) is 5.69 Å². The van der Waals surface area contributed by atoms with Gasteiger partial charge in [0.2, 0.25) is 5.91 Å². The van der Waals surface area contributed by atoms with Gasteiger partial charge in [-0.05, 0) is 30.7 Å². The summed E-state index contributed by atoms with van der Waals surface area (Å²) in [5, 5.41) is 11.6. The van der Waals surface area contributed by atoms with Crippen molar-refractivity contribution in [1.82, 2.24) is 4.90 Å². The lowest BCUT2D eigenvalue weighted by atomic mass is 10.1. The second-order valence-corrected chi connectivity index (χ2v) is 4.84. The molecule has 1 aliphatic heterocycles. The van der Waals surface area contributed by atoms with Gasteiger partial charge >= 0.3 is 0 Å². The SMILES string of the molecule is CCC1COCCN1CC(=O)Nc1ccc(C#N)cc1. The van der Waals surface area contributed by atoms with E-state index < -0.39 is 0 Å². The molecule has 1 amide bonds. The Balaban J connectivity index is 1.89. The molecular formula is C15H19N3O2. The summed E-state index contributed by atoms with van der Waals surface area (Å²) in [6, 6.07) is 9.24. The van der Waals surface area contributed by atoms with Gasteiger partial charge in [-0.2, -0.15) is 5.26 Å². The van der Waals surface area contributed by atoms with Gasteiger partial charge in [0.25, 0.3) is 0 Å². The summed E-state index contributed by atoms with van der Waals surface area (Å²) in [5.41, 5.74) is 1.30. The minimum Gasteiger partial charge on any atom is -0.378 e. The van der Waals surface area contributed by atoms with E-state index in [1.54, 1.807) is 24.3 Å². The molecule has 0 spiro atoms. The van der Waals surface area contributed by atoms with E-state index in [-0.39, 0.29) is 5.91 Å². The molecule has 1 fully saturated rings. The Morgan fingerprint density at radius 3 is 2.90 bits per heavy atom. The highest BCUT2D eigenvalue weighted by Crippen LogP contribution is 2.12. The standard InChI is InChI=1S/C15H19N3O2/c1-2-14-11-20-8-7-18(14)10-15(19)17-13-5-3-12(9-16)4-6-13/h3-6,14H,2,7-8,10-11H2,1H3,(H,17,19). The van der Waals surface area contributed by atoms with Gasteiger partial charge in [-0.1, -0.05) is 6.92 Å². The number of ether oxygens (including phenoxy) is 1. The van der Waals surface area contributed by atoms with Crippen molar-refractivity contribution in [3.63, 3.8) is 0 Å². The first-order valence-corrected chi connectivity index (χ1v) is 6.84. The smallest absolute Gasteiger partial charge is 0.238 e. The third kappa shape index (κ3) is 3.80. The molecule has 2 rings (SSSR count). The number of carbonyl (C=O) groups is 1. The van der Waals surface area contributed by atoms with Crippen LogP contribution in [-0.2, 0) is 9.53 Å². The zero-order valence-corrected chi connectivity index (χ0v) is 11.6. The molecule has 0 saturated carbocycles. The minimum absolute atomic E-state index is 0.0324. The first kappa shape index (κ1) is 14.5. The van der Waals surface area contributed by atoms with Crippen molar-refractivity contribution < 1.29 is 9.53 Å². The molecule has 0 aromatic heterocycles. The number of amides is 1. The second kappa shape index (κ2) is 7.04. The molecule has 106 valence electrons. The molecule has 5 nitrogen and oxygen atoms in total. The average molecular weight is 273 g/mol. The summed E-state index contributed by atoms with van der Waals surface area (Å²) in [4.78, 5) is 14.2. The predicted molar refractivity (Wildman–Crippen MR) is 76.3 cm³/mol. The average Bonchev–Trinajstić information content (AvgIpc) is 2.48. The molecular weight excluding hydrogens is 254 g/mol.